The number of aromatic nitrogens is 2. The molecule has 0 radical (unpaired) electrons. The van der Waals surface area contributed by atoms with Crippen LogP contribution in [0.3, 0.4) is 0 Å². The van der Waals surface area contributed by atoms with Crippen LogP contribution < -0.4 is 10.5 Å². The summed E-state index contributed by atoms with van der Waals surface area (Å²) in [6.45, 7) is 0. The molecule has 0 aliphatic rings. The van der Waals surface area contributed by atoms with E-state index in [0.717, 1.165) is 0 Å². The lowest BCUT2D eigenvalue weighted by atomic mass is 10.3. The molecule has 1 aromatic heterocycles. The molecule has 0 spiro atoms. The van der Waals surface area contributed by atoms with Gasteiger partial charge in [0, 0.05) is 13.1 Å². The zero-order valence-corrected chi connectivity index (χ0v) is 8.14. The number of ether oxygens (including phenoxy) is 1. The molecule has 0 saturated heterocycles. The lowest BCUT2D eigenvalue weighted by Gasteiger charge is -2.02. The Labute approximate surface area is 86.1 Å². The van der Waals surface area contributed by atoms with Gasteiger partial charge in [-0.2, -0.15) is 0 Å². The molecule has 0 atom stereocenters. The van der Waals surface area contributed by atoms with Crippen molar-refractivity contribution >= 4 is 5.69 Å². The van der Waals surface area contributed by atoms with Crippen LogP contribution in [0, 0.1) is 5.82 Å². The number of nitrogen functional groups attached to an aromatic ring is 1. The molecule has 0 fully saturated rings. The van der Waals surface area contributed by atoms with Gasteiger partial charge in [-0.1, -0.05) is 6.07 Å². The molecule has 5 heteroatoms. The van der Waals surface area contributed by atoms with Gasteiger partial charge in [0.15, 0.2) is 0 Å². The monoisotopic (exact) mass is 207 g/mol. The van der Waals surface area contributed by atoms with E-state index >= 15 is 0 Å². The zero-order chi connectivity index (χ0) is 10.8. The SMILES string of the molecule is Cn1cc(N)c(Oc2cccc(F)c2)n1. The number of nitrogens with two attached hydrogens (primary N) is 1. The third-order valence-corrected chi connectivity index (χ3v) is 1.83. The van der Waals surface area contributed by atoms with Crippen LogP contribution in [-0.4, -0.2) is 9.78 Å². The third kappa shape index (κ3) is 2.07. The first kappa shape index (κ1) is 9.51. The van der Waals surface area contributed by atoms with Crippen molar-refractivity contribution in [1.82, 2.24) is 9.78 Å². The van der Waals surface area contributed by atoms with Crippen LogP contribution in [0.5, 0.6) is 11.6 Å². The van der Waals surface area contributed by atoms with Gasteiger partial charge in [-0.3, -0.25) is 4.68 Å². The van der Waals surface area contributed by atoms with E-state index < -0.39 is 0 Å². The Hall–Kier alpha value is -2.04. The van der Waals surface area contributed by atoms with Crippen molar-refractivity contribution in [3.05, 3.63) is 36.3 Å². The van der Waals surface area contributed by atoms with Gasteiger partial charge in [-0.25, -0.2) is 4.39 Å². The summed E-state index contributed by atoms with van der Waals surface area (Å²) in [5, 5.41) is 3.98. The Balaban J connectivity index is 2.25. The maximum Gasteiger partial charge on any atom is 0.261 e. The van der Waals surface area contributed by atoms with E-state index in [0.29, 0.717) is 11.4 Å². The standard InChI is InChI=1S/C10H10FN3O/c1-14-6-9(12)10(13-14)15-8-4-2-3-7(11)5-8/h2-6H,12H2,1H3. The topological polar surface area (TPSA) is 53.1 Å². The van der Waals surface area contributed by atoms with Gasteiger partial charge in [0.25, 0.3) is 5.88 Å². The summed E-state index contributed by atoms with van der Waals surface area (Å²) in [5.74, 6) is 0.297. The molecule has 1 aromatic carbocycles. The Morgan fingerprint density at radius 3 is 2.87 bits per heavy atom. The highest BCUT2D eigenvalue weighted by Crippen LogP contribution is 2.25. The average molecular weight is 207 g/mol. The van der Waals surface area contributed by atoms with E-state index in [1.807, 2.05) is 0 Å². The van der Waals surface area contributed by atoms with Gasteiger partial charge in [-0.15, -0.1) is 5.10 Å². The molecule has 0 unspecified atom stereocenters. The summed E-state index contributed by atoms with van der Waals surface area (Å²) < 4.78 is 19.7. The molecule has 0 bridgehead atoms. The van der Waals surface area contributed by atoms with Gasteiger partial charge >= 0.3 is 0 Å². The number of hydrogen-bond acceptors (Lipinski definition) is 3. The normalized spacial score (nSPS) is 10.3. The van der Waals surface area contributed by atoms with Gasteiger partial charge in [0.05, 0.1) is 6.20 Å². The lowest BCUT2D eigenvalue weighted by molar-refractivity contribution is 0.451. The Morgan fingerprint density at radius 1 is 1.47 bits per heavy atom. The molecular formula is C10H10FN3O. The van der Waals surface area contributed by atoms with Crippen molar-refractivity contribution < 1.29 is 9.13 Å². The number of rotatable bonds is 2. The minimum Gasteiger partial charge on any atom is -0.436 e. The van der Waals surface area contributed by atoms with Crippen LogP contribution in [-0.2, 0) is 7.05 Å². The summed E-state index contributed by atoms with van der Waals surface area (Å²) in [6.07, 6.45) is 1.62. The van der Waals surface area contributed by atoms with Crippen LogP contribution in [0.15, 0.2) is 30.5 Å². The number of nitrogens with zero attached hydrogens (tertiary/aromatic N) is 2. The van der Waals surface area contributed by atoms with E-state index in [1.54, 1.807) is 25.4 Å². The zero-order valence-electron chi connectivity index (χ0n) is 8.14. The molecule has 2 rings (SSSR count). The molecule has 2 N–H and O–H groups in total. The summed E-state index contributed by atoms with van der Waals surface area (Å²) in [7, 11) is 1.73. The second-order valence-corrected chi connectivity index (χ2v) is 3.12. The maximum absolute atomic E-state index is 12.8. The lowest BCUT2D eigenvalue weighted by Crippen LogP contribution is -1.91. The van der Waals surface area contributed by atoms with E-state index in [1.165, 1.54) is 16.8 Å². The highest BCUT2D eigenvalue weighted by atomic mass is 19.1. The second-order valence-electron chi connectivity index (χ2n) is 3.12. The molecule has 1 heterocycles. The van der Waals surface area contributed by atoms with Gasteiger partial charge < -0.3 is 10.5 Å². The predicted octanol–water partition coefficient (Wildman–Crippen LogP) is 1.93. The number of benzene rings is 1. The summed E-state index contributed by atoms with van der Waals surface area (Å²) in [5.41, 5.74) is 6.04. The highest BCUT2D eigenvalue weighted by molar-refractivity contribution is 5.47. The first-order chi connectivity index (χ1) is 7.15. The van der Waals surface area contributed by atoms with E-state index in [2.05, 4.69) is 5.10 Å². The van der Waals surface area contributed by atoms with Crippen molar-refractivity contribution in [1.29, 1.82) is 0 Å². The predicted molar refractivity (Wildman–Crippen MR) is 54.1 cm³/mol. The average Bonchev–Trinajstić information content (AvgIpc) is 2.45. The molecule has 2 aromatic rings. The van der Waals surface area contributed by atoms with Crippen molar-refractivity contribution in [2.24, 2.45) is 7.05 Å². The van der Waals surface area contributed by atoms with Gasteiger partial charge in [-0.05, 0) is 12.1 Å². The van der Waals surface area contributed by atoms with Crippen molar-refractivity contribution in [2.75, 3.05) is 5.73 Å². The number of hydrogen-bond donors (Lipinski definition) is 1. The smallest absolute Gasteiger partial charge is 0.261 e. The molecule has 0 saturated carbocycles. The van der Waals surface area contributed by atoms with Crippen LogP contribution >= 0.6 is 0 Å². The largest absolute Gasteiger partial charge is 0.436 e. The van der Waals surface area contributed by atoms with Crippen molar-refractivity contribution in [3.63, 3.8) is 0 Å². The maximum atomic E-state index is 12.8. The van der Waals surface area contributed by atoms with Crippen molar-refractivity contribution in [3.8, 4) is 11.6 Å². The number of aryl methyl sites for hydroxylation is 1. The first-order valence-corrected chi connectivity index (χ1v) is 4.37. The fraction of sp³-hybridized carbons (Fsp3) is 0.100. The molecular weight excluding hydrogens is 197 g/mol. The minimum atomic E-state index is -0.359. The number of anilines is 1. The Bertz CT molecular complexity index is 481. The number of halogens is 1. The Morgan fingerprint density at radius 2 is 2.27 bits per heavy atom. The summed E-state index contributed by atoms with van der Waals surface area (Å²) >= 11 is 0. The molecule has 4 nitrogen and oxygen atoms in total. The van der Waals surface area contributed by atoms with E-state index in [4.69, 9.17) is 10.5 Å². The molecule has 0 amide bonds. The molecule has 15 heavy (non-hydrogen) atoms. The summed E-state index contributed by atoms with van der Waals surface area (Å²) in [6, 6.07) is 5.81. The minimum absolute atomic E-state index is 0.281. The molecule has 0 aliphatic carbocycles. The van der Waals surface area contributed by atoms with Gasteiger partial charge in [0.1, 0.15) is 17.3 Å². The summed E-state index contributed by atoms with van der Waals surface area (Å²) in [4.78, 5) is 0. The Kier molecular flexibility index (Phi) is 2.29. The van der Waals surface area contributed by atoms with Crippen LogP contribution in [0.4, 0.5) is 10.1 Å². The van der Waals surface area contributed by atoms with E-state index in [9.17, 15) is 4.39 Å². The van der Waals surface area contributed by atoms with E-state index in [-0.39, 0.29) is 11.7 Å². The fourth-order valence-corrected chi connectivity index (χ4v) is 1.21. The second kappa shape index (κ2) is 3.61. The van der Waals surface area contributed by atoms with Crippen LogP contribution in [0.2, 0.25) is 0 Å². The van der Waals surface area contributed by atoms with Crippen molar-refractivity contribution in [2.45, 2.75) is 0 Å². The van der Waals surface area contributed by atoms with Crippen LogP contribution in [0.25, 0.3) is 0 Å². The highest BCUT2D eigenvalue weighted by Gasteiger charge is 2.06. The molecule has 0 aliphatic heterocycles. The third-order valence-electron chi connectivity index (χ3n) is 1.83. The molecule has 78 valence electrons. The fourth-order valence-electron chi connectivity index (χ4n) is 1.21. The van der Waals surface area contributed by atoms with Crippen LogP contribution in [0.1, 0.15) is 0 Å². The first-order valence-electron chi connectivity index (χ1n) is 4.37. The quantitative estimate of drug-likeness (QED) is 0.818. The van der Waals surface area contributed by atoms with Gasteiger partial charge in [0.2, 0.25) is 0 Å².